The van der Waals surface area contributed by atoms with Crippen molar-refractivity contribution in [1.29, 1.82) is 0 Å². The number of nitrogens with zero attached hydrogens (tertiary/aromatic N) is 1. The maximum atomic E-state index is 13.4. The summed E-state index contributed by atoms with van der Waals surface area (Å²) in [6, 6.07) is 6.78. The second-order valence-electron chi connectivity index (χ2n) is 4.09. The van der Waals surface area contributed by atoms with Gasteiger partial charge in [-0.05, 0) is 19.1 Å². The van der Waals surface area contributed by atoms with Crippen LogP contribution >= 0.6 is 23.1 Å². The molecule has 0 fully saturated rings. The van der Waals surface area contributed by atoms with Crippen LogP contribution in [0.1, 0.15) is 10.7 Å². The molecular formula is C13H15FN2S2. The minimum absolute atomic E-state index is 0.000145. The Kier molecular flexibility index (Phi) is 4.74. The molecular weight excluding hydrogens is 267 g/mol. The van der Waals surface area contributed by atoms with Gasteiger partial charge < -0.3 is 5.73 Å². The van der Waals surface area contributed by atoms with Gasteiger partial charge in [-0.15, -0.1) is 23.1 Å². The van der Waals surface area contributed by atoms with Gasteiger partial charge in [0, 0.05) is 34.2 Å². The van der Waals surface area contributed by atoms with E-state index in [9.17, 15) is 4.39 Å². The Morgan fingerprint density at radius 2 is 2.22 bits per heavy atom. The molecule has 1 atom stereocenters. The van der Waals surface area contributed by atoms with Crippen LogP contribution in [0, 0.1) is 12.7 Å². The summed E-state index contributed by atoms with van der Waals surface area (Å²) in [6.45, 7) is 1.97. The Hall–Kier alpha value is -0.910. The van der Waals surface area contributed by atoms with E-state index in [2.05, 4.69) is 4.98 Å². The molecule has 1 unspecified atom stereocenters. The number of aryl methyl sites for hydroxylation is 1. The van der Waals surface area contributed by atoms with E-state index in [0.717, 1.165) is 17.1 Å². The Labute approximate surface area is 114 Å². The molecule has 0 radical (unpaired) electrons. The highest BCUT2D eigenvalue weighted by atomic mass is 32.2. The molecule has 2 rings (SSSR count). The lowest BCUT2D eigenvalue weighted by Crippen LogP contribution is -2.25. The molecule has 0 spiro atoms. The quantitative estimate of drug-likeness (QED) is 0.856. The standard InChI is InChI=1S/C13H15FN2S2/c1-9-7-18-13(16-9)6-10(15)8-17-12-5-3-2-4-11(12)14/h2-5,7,10H,6,8,15H2,1H3. The van der Waals surface area contributed by atoms with E-state index in [0.29, 0.717) is 10.6 Å². The number of benzene rings is 1. The van der Waals surface area contributed by atoms with Crippen LogP contribution in [0.3, 0.4) is 0 Å². The van der Waals surface area contributed by atoms with Gasteiger partial charge in [0.1, 0.15) is 5.82 Å². The van der Waals surface area contributed by atoms with E-state index in [4.69, 9.17) is 5.73 Å². The van der Waals surface area contributed by atoms with E-state index in [-0.39, 0.29) is 11.9 Å². The fourth-order valence-corrected chi connectivity index (χ4v) is 3.30. The second kappa shape index (κ2) is 6.31. The molecule has 0 aliphatic heterocycles. The van der Waals surface area contributed by atoms with Crippen molar-refractivity contribution in [3.63, 3.8) is 0 Å². The largest absolute Gasteiger partial charge is 0.327 e. The van der Waals surface area contributed by atoms with Crippen molar-refractivity contribution in [1.82, 2.24) is 4.98 Å². The lowest BCUT2D eigenvalue weighted by molar-refractivity contribution is 0.601. The molecule has 1 heterocycles. The number of aromatic nitrogens is 1. The van der Waals surface area contributed by atoms with E-state index < -0.39 is 0 Å². The maximum absolute atomic E-state index is 13.4. The predicted molar refractivity (Wildman–Crippen MR) is 75.7 cm³/mol. The van der Waals surface area contributed by atoms with Gasteiger partial charge in [0.2, 0.25) is 0 Å². The van der Waals surface area contributed by atoms with Crippen LogP contribution in [0.5, 0.6) is 0 Å². The van der Waals surface area contributed by atoms with Gasteiger partial charge in [-0.3, -0.25) is 0 Å². The number of thioether (sulfide) groups is 1. The van der Waals surface area contributed by atoms with E-state index >= 15 is 0 Å². The van der Waals surface area contributed by atoms with Crippen molar-refractivity contribution in [2.45, 2.75) is 24.3 Å². The van der Waals surface area contributed by atoms with Gasteiger partial charge in [0.25, 0.3) is 0 Å². The molecule has 2 nitrogen and oxygen atoms in total. The molecule has 1 aromatic heterocycles. The second-order valence-corrected chi connectivity index (χ2v) is 6.09. The number of rotatable bonds is 5. The summed E-state index contributed by atoms with van der Waals surface area (Å²) in [5.74, 6) is 0.513. The highest BCUT2D eigenvalue weighted by molar-refractivity contribution is 7.99. The van der Waals surface area contributed by atoms with Crippen LogP contribution in [-0.2, 0) is 6.42 Å². The van der Waals surface area contributed by atoms with Crippen molar-refractivity contribution >= 4 is 23.1 Å². The van der Waals surface area contributed by atoms with Crippen LogP contribution in [0.25, 0.3) is 0 Å². The zero-order valence-electron chi connectivity index (χ0n) is 10.1. The lowest BCUT2D eigenvalue weighted by Gasteiger charge is -2.09. The first-order chi connectivity index (χ1) is 8.65. The van der Waals surface area contributed by atoms with Gasteiger partial charge in [-0.2, -0.15) is 0 Å². The highest BCUT2D eigenvalue weighted by Crippen LogP contribution is 2.22. The van der Waals surface area contributed by atoms with E-state index in [1.54, 1.807) is 23.5 Å². The Balaban J connectivity index is 1.85. The number of hydrogen-bond acceptors (Lipinski definition) is 4. The average molecular weight is 282 g/mol. The van der Waals surface area contributed by atoms with Gasteiger partial charge in [-0.25, -0.2) is 9.37 Å². The molecule has 0 aliphatic carbocycles. The molecule has 0 bridgehead atoms. The van der Waals surface area contributed by atoms with E-state index in [1.165, 1.54) is 17.8 Å². The maximum Gasteiger partial charge on any atom is 0.136 e. The Morgan fingerprint density at radius 1 is 1.44 bits per heavy atom. The summed E-state index contributed by atoms with van der Waals surface area (Å²) in [5, 5.41) is 3.07. The first kappa shape index (κ1) is 13.5. The first-order valence-electron chi connectivity index (χ1n) is 5.69. The Bertz CT molecular complexity index is 513. The van der Waals surface area contributed by atoms with Crippen LogP contribution in [0.15, 0.2) is 34.5 Å². The van der Waals surface area contributed by atoms with Crippen LogP contribution in [-0.4, -0.2) is 16.8 Å². The SMILES string of the molecule is Cc1csc(CC(N)CSc2ccccc2F)n1. The van der Waals surface area contributed by atoms with Gasteiger partial charge in [-0.1, -0.05) is 12.1 Å². The lowest BCUT2D eigenvalue weighted by atomic mass is 10.3. The third-order valence-electron chi connectivity index (χ3n) is 2.39. The zero-order chi connectivity index (χ0) is 13.0. The molecule has 0 saturated heterocycles. The molecule has 0 amide bonds. The number of thiazole rings is 1. The monoisotopic (exact) mass is 282 g/mol. The molecule has 18 heavy (non-hydrogen) atoms. The third-order valence-corrected chi connectivity index (χ3v) is 4.62. The van der Waals surface area contributed by atoms with Crippen LogP contribution < -0.4 is 5.73 Å². The predicted octanol–water partition coefficient (Wildman–Crippen LogP) is 3.25. The summed E-state index contributed by atoms with van der Waals surface area (Å²) in [5.41, 5.74) is 7.07. The van der Waals surface area contributed by atoms with Gasteiger partial charge >= 0.3 is 0 Å². The summed E-state index contributed by atoms with van der Waals surface area (Å²) in [7, 11) is 0. The summed E-state index contributed by atoms with van der Waals surface area (Å²) in [6.07, 6.45) is 0.750. The van der Waals surface area contributed by atoms with Crippen molar-refractivity contribution in [3.05, 3.63) is 46.2 Å². The normalized spacial score (nSPS) is 12.6. The van der Waals surface area contributed by atoms with Crippen molar-refractivity contribution in [3.8, 4) is 0 Å². The van der Waals surface area contributed by atoms with Crippen molar-refractivity contribution in [2.75, 3.05) is 5.75 Å². The Morgan fingerprint density at radius 3 is 2.89 bits per heavy atom. The topological polar surface area (TPSA) is 38.9 Å². The summed E-state index contributed by atoms with van der Waals surface area (Å²) >= 11 is 3.09. The molecule has 1 aromatic carbocycles. The van der Waals surface area contributed by atoms with E-state index in [1.807, 2.05) is 18.4 Å². The van der Waals surface area contributed by atoms with Crippen molar-refractivity contribution in [2.24, 2.45) is 5.73 Å². The first-order valence-corrected chi connectivity index (χ1v) is 7.55. The molecule has 0 aliphatic rings. The van der Waals surface area contributed by atoms with Crippen LogP contribution in [0.4, 0.5) is 4.39 Å². The minimum Gasteiger partial charge on any atom is -0.327 e. The highest BCUT2D eigenvalue weighted by Gasteiger charge is 2.09. The third kappa shape index (κ3) is 3.80. The molecule has 96 valence electrons. The summed E-state index contributed by atoms with van der Waals surface area (Å²) in [4.78, 5) is 5.03. The fourth-order valence-electron chi connectivity index (χ4n) is 1.54. The molecule has 5 heteroatoms. The smallest absolute Gasteiger partial charge is 0.136 e. The molecule has 0 saturated carbocycles. The summed E-state index contributed by atoms with van der Waals surface area (Å²) < 4.78 is 13.4. The fraction of sp³-hybridized carbons (Fsp3) is 0.308. The van der Waals surface area contributed by atoms with Crippen LogP contribution in [0.2, 0.25) is 0 Å². The van der Waals surface area contributed by atoms with Gasteiger partial charge in [0.05, 0.1) is 5.01 Å². The minimum atomic E-state index is -0.181. The molecule has 2 N–H and O–H groups in total. The number of halogens is 1. The number of hydrogen-bond donors (Lipinski definition) is 1. The van der Waals surface area contributed by atoms with Crippen molar-refractivity contribution < 1.29 is 4.39 Å². The number of nitrogens with two attached hydrogens (primary N) is 1. The average Bonchev–Trinajstić information content (AvgIpc) is 2.74. The molecule has 2 aromatic rings. The zero-order valence-corrected chi connectivity index (χ0v) is 11.7. The van der Waals surface area contributed by atoms with Gasteiger partial charge in [0.15, 0.2) is 0 Å².